The Morgan fingerprint density at radius 3 is 2.60 bits per heavy atom. The summed E-state index contributed by atoms with van der Waals surface area (Å²) in [6, 6.07) is 7.76. The van der Waals surface area contributed by atoms with Crippen LogP contribution in [0.4, 0.5) is 0 Å². The third kappa shape index (κ3) is 2.85. The quantitative estimate of drug-likeness (QED) is 0.673. The van der Waals surface area contributed by atoms with Crippen LogP contribution in [-0.4, -0.2) is 19.7 Å². The number of carbonyl (C=O) groups excluding carboxylic acids is 1. The minimum Gasteiger partial charge on any atom is -0.486 e. The molecule has 2 nitrogen and oxygen atoms in total. The summed E-state index contributed by atoms with van der Waals surface area (Å²) in [6.07, 6.45) is 2.10. The fraction of sp³-hybridized carbons (Fsp3) is 0.417. The van der Waals surface area contributed by atoms with Crippen LogP contribution in [0.15, 0.2) is 24.3 Å². The fourth-order valence-electron chi connectivity index (χ4n) is 1.43. The van der Waals surface area contributed by atoms with Gasteiger partial charge in [-0.05, 0) is 25.0 Å². The molecule has 15 heavy (non-hydrogen) atoms. The standard InChI is InChI=1S/C12H14BO2/c1-13-10-4-6-11(7-5-10)15-8-12(14)9-2-3-9/h4-7,9H,2-3,8H2,1H3. The fourth-order valence-corrected chi connectivity index (χ4v) is 1.43. The van der Waals surface area contributed by atoms with Gasteiger partial charge in [-0.3, -0.25) is 4.79 Å². The molecule has 0 saturated heterocycles. The Kier molecular flexibility index (Phi) is 3.09. The van der Waals surface area contributed by atoms with Crippen LogP contribution >= 0.6 is 0 Å². The molecule has 1 aromatic carbocycles. The SMILES string of the molecule is C[B]c1ccc(OCC(=O)C2CC2)cc1. The lowest BCUT2D eigenvalue weighted by Crippen LogP contribution is -2.14. The first-order valence-corrected chi connectivity index (χ1v) is 5.34. The van der Waals surface area contributed by atoms with Crippen LogP contribution in [-0.2, 0) is 4.79 Å². The summed E-state index contributed by atoms with van der Waals surface area (Å²) in [5.74, 6) is 1.30. The molecule has 77 valence electrons. The smallest absolute Gasteiger partial charge is 0.173 e. The highest BCUT2D eigenvalue weighted by Gasteiger charge is 2.29. The van der Waals surface area contributed by atoms with Crippen molar-refractivity contribution < 1.29 is 9.53 Å². The molecule has 1 aromatic rings. The molecular formula is C12H14BO2. The number of hydrogen-bond donors (Lipinski definition) is 0. The van der Waals surface area contributed by atoms with Gasteiger partial charge in [-0.1, -0.05) is 24.4 Å². The zero-order valence-corrected chi connectivity index (χ0v) is 8.90. The summed E-state index contributed by atoms with van der Waals surface area (Å²) in [5.41, 5.74) is 1.16. The zero-order valence-electron chi connectivity index (χ0n) is 8.90. The number of ketones is 1. The van der Waals surface area contributed by atoms with Crippen LogP contribution < -0.4 is 10.2 Å². The highest BCUT2D eigenvalue weighted by molar-refractivity contribution is 6.51. The summed E-state index contributed by atoms with van der Waals surface area (Å²) in [4.78, 5) is 11.4. The molecule has 0 amide bonds. The van der Waals surface area contributed by atoms with Gasteiger partial charge in [-0.15, -0.1) is 0 Å². The lowest BCUT2D eigenvalue weighted by Gasteiger charge is -2.05. The molecule has 0 atom stereocenters. The number of Topliss-reactive ketones (excluding diaryl/α,β-unsaturated/α-hetero) is 1. The van der Waals surface area contributed by atoms with E-state index in [4.69, 9.17) is 4.74 Å². The largest absolute Gasteiger partial charge is 0.486 e. The summed E-state index contributed by atoms with van der Waals surface area (Å²) >= 11 is 0. The molecule has 0 aromatic heterocycles. The van der Waals surface area contributed by atoms with E-state index in [0.717, 1.165) is 24.1 Å². The maximum atomic E-state index is 11.4. The highest BCUT2D eigenvalue weighted by atomic mass is 16.5. The third-order valence-corrected chi connectivity index (χ3v) is 2.63. The molecule has 1 aliphatic rings. The Hall–Kier alpha value is -1.25. The number of ether oxygens (including phenoxy) is 1. The summed E-state index contributed by atoms with van der Waals surface area (Å²) in [7, 11) is 2.03. The minimum atomic E-state index is 0.222. The van der Waals surface area contributed by atoms with Crippen molar-refractivity contribution in [2.24, 2.45) is 5.92 Å². The van der Waals surface area contributed by atoms with Crippen LogP contribution in [0, 0.1) is 5.92 Å². The van der Waals surface area contributed by atoms with E-state index < -0.39 is 0 Å². The number of benzene rings is 1. The molecule has 0 spiro atoms. The van der Waals surface area contributed by atoms with Gasteiger partial charge in [-0.25, -0.2) is 0 Å². The van der Waals surface area contributed by atoms with Crippen molar-refractivity contribution in [2.45, 2.75) is 19.7 Å². The maximum Gasteiger partial charge on any atom is 0.173 e. The molecule has 2 rings (SSSR count). The van der Waals surface area contributed by atoms with Gasteiger partial charge in [0.15, 0.2) is 5.78 Å². The maximum absolute atomic E-state index is 11.4. The van der Waals surface area contributed by atoms with Crippen LogP contribution in [0.2, 0.25) is 6.82 Å². The van der Waals surface area contributed by atoms with Crippen LogP contribution in [0.3, 0.4) is 0 Å². The third-order valence-electron chi connectivity index (χ3n) is 2.63. The van der Waals surface area contributed by atoms with Gasteiger partial charge in [-0.2, -0.15) is 0 Å². The van der Waals surface area contributed by atoms with Crippen LogP contribution in [0.5, 0.6) is 5.75 Å². The molecular weight excluding hydrogens is 187 g/mol. The van der Waals surface area contributed by atoms with E-state index in [-0.39, 0.29) is 18.3 Å². The second-order valence-corrected chi connectivity index (χ2v) is 3.89. The van der Waals surface area contributed by atoms with Crippen molar-refractivity contribution >= 4 is 18.5 Å². The second kappa shape index (κ2) is 4.52. The van der Waals surface area contributed by atoms with E-state index in [0.29, 0.717) is 0 Å². The molecule has 3 heteroatoms. The Morgan fingerprint density at radius 2 is 2.07 bits per heavy atom. The van der Waals surface area contributed by atoms with Crippen molar-refractivity contribution in [3.05, 3.63) is 24.3 Å². The van der Waals surface area contributed by atoms with Crippen molar-refractivity contribution in [3.63, 3.8) is 0 Å². The van der Waals surface area contributed by atoms with Crippen molar-refractivity contribution in [3.8, 4) is 5.75 Å². The molecule has 1 aliphatic carbocycles. The summed E-state index contributed by atoms with van der Waals surface area (Å²) in [6.45, 7) is 2.21. The zero-order chi connectivity index (χ0) is 10.7. The lowest BCUT2D eigenvalue weighted by atomic mass is 9.73. The van der Waals surface area contributed by atoms with Gasteiger partial charge in [0.05, 0.1) is 0 Å². The van der Waals surface area contributed by atoms with Gasteiger partial charge in [0.2, 0.25) is 0 Å². The predicted octanol–water partition coefficient (Wildman–Crippen LogP) is 1.42. The second-order valence-electron chi connectivity index (χ2n) is 3.89. The Balaban J connectivity index is 1.84. The molecule has 1 fully saturated rings. The molecule has 1 radical (unpaired) electrons. The van der Waals surface area contributed by atoms with Crippen LogP contribution in [0.25, 0.3) is 0 Å². The topological polar surface area (TPSA) is 26.3 Å². The monoisotopic (exact) mass is 201 g/mol. The number of carbonyl (C=O) groups is 1. The minimum absolute atomic E-state index is 0.222. The molecule has 0 heterocycles. The Labute approximate surface area is 90.9 Å². The van der Waals surface area contributed by atoms with E-state index in [2.05, 4.69) is 0 Å². The number of rotatable bonds is 5. The number of hydrogen-bond acceptors (Lipinski definition) is 2. The average molecular weight is 201 g/mol. The molecule has 0 N–H and O–H groups in total. The van der Waals surface area contributed by atoms with Gasteiger partial charge in [0, 0.05) is 5.92 Å². The van der Waals surface area contributed by atoms with E-state index in [9.17, 15) is 4.79 Å². The first-order valence-electron chi connectivity index (χ1n) is 5.34. The molecule has 0 bridgehead atoms. The van der Waals surface area contributed by atoms with E-state index in [1.165, 1.54) is 0 Å². The highest BCUT2D eigenvalue weighted by Crippen LogP contribution is 2.29. The molecule has 0 unspecified atom stereocenters. The molecule has 0 aliphatic heterocycles. The summed E-state index contributed by atoms with van der Waals surface area (Å²) < 4.78 is 5.41. The van der Waals surface area contributed by atoms with Crippen molar-refractivity contribution in [1.82, 2.24) is 0 Å². The predicted molar refractivity (Wildman–Crippen MR) is 60.9 cm³/mol. The Morgan fingerprint density at radius 1 is 1.40 bits per heavy atom. The van der Waals surface area contributed by atoms with Gasteiger partial charge < -0.3 is 4.74 Å². The van der Waals surface area contributed by atoms with Crippen molar-refractivity contribution in [2.75, 3.05) is 6.61 Å². The van der Waals surface area contributed by atoms with Crippen molar-refractivity contribution in [1.29, 1.82) is 0 Å². The Bertz CT molecular complexity index is 341. The van der Waals surface area contributed by atoms with Crippen LogP contribution in [0.1, 0.15) is 12.8 Å². The first-order chi connectivity index (χ1) is 7.29. The van der Waals surface area contributed by atoms with E-state index in [1.54, 1.807) is 0 Å². The van der Waals surface area contributed by atoms with E-state index in [1.807, 2.05) is 38.4 Å². The normalized spacial score (nSPS) is 14.7. The van der Waals surface area contributed by atoms with Gasteiger partial charge in [0.25, 0.3) is 0 Å². The van der Waals surface area contributed by atoms with E-state index >= 15 is 0 Å². The summed E-state index contributed by atoms with van der Waals surface area (Å²) in [5, 5.41) is 0. The van der Waals surface area contributed by atoms with Gasteiger partial charge in [0.1, 0.15) is 19.6 Å². The average Bonchev–Trinajstić information content (AvgIpc) is 3.10. The van der Waals surface area contributed by atoms with Gasteiger partial charge >= 0.3 is 0 Å². The molecule has 1 saturated carbocycles. The first kappa shape index (κ1) is 10.3. The lowest BCUT2D eigenvalue weighted by molar-refractivity contribution is -0.122.